The molecule has 2 nitrogen and oxygen atoms in total. The van der Waals surface area contributed by atoms with Crippen molar-refractivity contribution in [1.29, 1.82) is 0 Å². The normalized spacial score (nSPS) is 14.1. The molecule has 0 aliphatic heterocycles. The van der Waals surface area contributed by atoms with Crippen molar-refractivity contribution >= 4 is 11.6 Å². The van der Waals surface area contributed by atoms with Crippen LogP contribution >= 0.6 is 11.6 Å². The lowest BCUT2D eigenvalue weighted by Crippen LogP contribution is -2.19. The van der Waals surface area contributed by atoms with Crippen molar-refractivity contribution in [3.05, 3.63) is 64.7 Å². The summed E-state index contributed by atoms with van der Waals surface area (Å²) in [5.74, 6) is -0.130. The van der Waals surface area contributed by atoms with E-state index in [2.05, 4.69) is 11.9 Å². The Morgan fingerprint density at radius 2 is 1.89 bits per heavy atom. The van der Waals surface area contributed by atoms with E-state index in [1.165, 1.54) is 12.3 Å². The number of benzene rings is 1. The monoisotopic (exact) mass is 278 g/mol. The molecule has 2 unspecified atom stereocenters. The number of pyridine rings is 1. The fourth-order valence-electron chi connectivity index (χ4n) is 2.26. The average Bonchev–Trinajstić information content (AvgIpc) is 2.40. The minimum absolute atomic E-state index is 0.0318. The Bertz CT molecular complexity index is 542. The lowest BCUT2D eigenvalue weighted by Gasteiger charge is -2.23. The van der Waals surface area contributed by atoms with Crippen LogP contribution in [0.5, 0.6) is 0 Å². The summed E-state index contributed by atoms with van der Waals surface area (Å²) in [6.45, 7) is 2.51. The third-order valence-electron chi connectivity index (χ3n) is 3.41. The Hall–Kier alpha value is -1.45. The van der Waals surface area contributed by atoms with Gasteiger partial charge >= 0.3 is 0 Å². The highest BCUT2D eigenvalue weighted by atomic mass is 35.5. The molecule has 2 aromatic rings. The summed E-state index contributed by atoms with van der Waals surface area (Å²) in [6.07, 6.45) is 2.87. The molecule has 2 rings (SSSR count). The van der Waals surface area contributed by atoms with Crippen LogP contribution in [-0.4, -0.2) is 11.5 Å². The minimum Gasteiger partial charge on any atom is -0.330 e. The smallest absolute Gasteiger partial charge is 0.141 e. The molecule has 2 N–H and O–H groups in total. The van der Waals surface area contributed by atoms with Gasteiger partial charge in [0.15, 0.2) is 0 Å². The van der Waals surface area contributed by atoms with Crippen molar-refractivity contribution in [2.75, 3.05) is 6.54 Å². The predicted octanol–water partition coefficient (Wildman–Crippen LogP) is 3.72. The number of hydrogen-bond donors (Lipinski definition) is 1. The third-order valence-corrected chi connectivity index (χ3v) is 3.66. The van der Waals surface area contributed by atoms with Crippen LogP contribution < -0.4 is 5.73 Å². The van der Waals surface area contributed by atoms with E-state index in [0.29, 0.717) is 11.6 Å². The van der Waals surface area contributed by atoms with Crippen LogP contribution in [-0.2, 0) is 0 Å². The van der Waals surface area contributed by atoms with E-state index in [9.17, 15) is 4.39 Å². The van der Waals surface area contributed by atoms with Crippen molar-refractivity contribution in [1.82, 2.24) is 4.98 Å². The van der Waals surface area contributed by atoms with Crippen molar-refractivity contribution in [2.24, 2.45) is 5.73 Å². The minimum atomic E-state index is -0.334. The van der Waals surface area contributed by atoms with E-state index in [1.807, 2.05) is 24.3 Å². The lowest BCUT2D eigenvalue weighted by atomic mass is 9.83. The van der Waals surface area contributed by atoms with Crippen LogP contribution in [0.4, 0.5) is 4.39 Å². The van der Waals surface area contributed by atoms with Gasteiger partial charge in [-0.2, -0.15) is 0 Å². The standard InChI is InChI=1S/C15H16ClFN2/c1-10(11-2-4-13(16)5-3-11)15(7-18)12-6-14(17)9-19-8-12/h2-6,8-10,15H,7,18H2,1H3. The van der Waals surface area contributed by atoms with Gasteiger partial charge < -0.3 is 5.73 Å². The number of nitrogens with zero attached hydrogens (tertiary/aromatic N) is 1. The first-order valence-electron chi connectivity index (χ1n) is 6.17. The molecular formula is C15H16ClFN2. The maximum Gasteiger partial charge on any atom is 0.141 e. The van der Waals surface area contributed by atoms with E-state index in [1.54, 1.807) is 6.20 Å². The number of rotatable bonds is 4. The van der Waals surface area contributed by atoms with Crippen LogP contribution in [0.25, 0.3) is 0 Å². The highest BCUT2D eigenvalue weighted by Crippen LogP contribution is 2.32. The van der Waals surface area contributed by atoms with Crippen molar-refractivity contribution in [3.63, 3.8) is 0 Å². The topological polar surface area (TPSA) is 38.9 Å². The number of hydrogen-bond acceptors (Lipinski definition) is 2. The number of aromatic nitrogens is 1. The summed E-state index contributed by atoms with van der Waals surface area (Å²) in [4.78, 5) is 3.89. The zero-order valence-electron chi connectivity index (χ0n) is 10.7. The second-order valence-corrected chi connectivity index (χ2v) is 5.06. The molecule has 0 radical (unpaired) electrons. The van der Waals surface area contributed by atoms with Gasteiger partial charge in [-0.05, 0) is 41.8 Å². The van der Waals surface area contributed by atoms with Gasteiger partial charge in [0.1, 0.15) is 5.82 Å². The highest BCUT2D eigenvalue weighted by Gasteiger charge is 2.20. The maximum atomic E-state index is 13.3. The summed E-state index contributed by atoms with van der Waals surface area (Å²) >= 11 is 5.88. The summed E-state index contributed by atoms with van der Waals surface area (Å²) in [5.41, 5.74) is 7.80. The molecule has 1 aromatic heterocycles. The van der Waals surface area contributed by atoms with Gasteiger partial charge in [0.25, 0.3) is 0 Å². The molecule has 0 aliphatic rings. The fraction of sp³-hybridized carbons (Fsp3) is 0.267. The molecule has 19 heavy (non-hydrogen) atoms. The van der Waals surface area contributed by atoms with E-state index >= 15 is 0 Å². The molecular weight excluding hydrogens is 263 g/mol. The van der Waals surface area contributed by atoms with Crippen LogP contribution in [0.15, 0.2) is 42.7 Å². The second-order valence-electron chi connectivity index (χ2n) is 4.62. The number of nitrogens with two attached hydrogens (primary N) is 1. The molecule has 0 fully saturated rings. The average molecular weight is 279 g/mol. The predicted molar refractivity (Wildman–Crippen MR) is 75.9 cm³/mol. The first-order valence-corrected chi connectivity index (χ1v) is 6.55. The van der Waals surface area contributed by atoms with Crippen molar-refractivity contribution in [3.8, 4) is 0 Å². The Morgan fingerprint density at radius 1 is 1.21 bits per heavy atom. The molecule has 0 saturated carbocycles. The van der Waals surface area contributed by atoms with Gasteiger partial charge in [-0.1, -0.05) is 30.7 Å². The van der Waals surface area contributed by atoms with Gasteiger partial charge in [0.05, 0.1) is 6.20 Å². The van der Waals surface area contributed by atoms with Gasteiger partial charge in [-0.3, -0.25) is 4.98 Å². The quantitative estimate of drug-likeness (QED) is 0.926. The lowest BCUT2D eigenvalue weighted by molar-refractivity contribution is 0.568. The molecule has 0 amide bonds. The summed E-state index contributed by atoms with van der Waals surface area (Å²) in [7, 11) is 0. The van der Waals surface area contributed by atoms with Gasteiger partial charge in [0.2, 0.25) is 0 Å². The first kappa shape index (κ1) is 14.0. The van der Waals surface area contributed by atoms with Crippen LogP contribution in [0.1, 0.15) is 29.9 Å². The molecule has 0 spiro atoms. The first-order chi connectivity index (χ1) is 9.11. The highest BCUT2D eigenvalue weighted by molar-refractivity contribution is 6.30. The van der Waals surface area contributed by atoms with Gasteiger partial charge in [-0.25, -0.2) is 4.39 Å². The molecule has 1 heterocycles. The van der Waals surface area contributed by atoms with Gasteiger partial charge in [0, 0.05) is 17.1 Å². The molecule has 0 saturated heterocycles. The largest absolute Gasteiger partial charge is 0.330 e. The van der Waals surface area contributed by atoms with Crippen LogP contribution in [0.3, 0.4) is 0 Å². The molecule has 4 heteroatoms. The van der Waals surface area contributed by atoms with Crippen LogP contribution in [0.2, 0.25) is 5.02 Å². The van der Waals surface area contributed by atoms with E-state index < -0.39 is 0 Å². The molecule has 100 valence electrons. The zero-order valence-corrected chi connectivity index (χ0v) is 11.4. The third kappa shape index (κ3) is 3.31. The fourth-order valence-corrected chi connectivity index (χ4v) is 2.38. The van der Waals surface area contributed by atoms with E-state index in [4.69, 9.17) is 17.3 Å². The summed E-state index contributed by atoms with van der Waals surface area (Å²) in [6, 6.07) is 9.15. The van der Waals surface area contributed by atoms with Crippen LogP contribution in [0, 0.1) is 5.82 Å². The Kier molecular flexibility index (Phi) is 4.51. The maximum absolute atomic E-state index is 13.3. The zero-order chi connectivity index (χ0) is 13.8. The summed E-state index contributed by atoms with van der Waals surface area (Å²) in [5, 5.41) is 0.702. The number of halogens is 2. The van der Waals surface area contributed by atoms with E-state index in [-0.39, 0.29) is 17.7 Å². The Labute approximate surface area is 117 Å². The second kappa shape index (κ2) is 6.13. The van der Waals surface area contributed by atoms with Gasteiger partial charge in [-0.15, -0.1) is 0 Å². The molecule has 2 atom stereocenters. The van der Waals surface area contributed by atoms with Crippen molar-refractivity contribution < 1.29 is 4.39 Å². The Balaban J connectivity index is 2.28. The van der Waals surface area contributed by atoms with Crippen molar-refractivity contribution in [2.45, 2.75) is 18.8 Å². The summed E-state index contributed by atoms with van der Waals surface area (Å²) < 4.78 is 13.3. The molecule has 0 bridgehead atoms. The molecule has 0 aliphatic carbocycles. The van der Waals surface area contributed by atoms with E-state index in [0.717, 1.165) is 11.1 Å². The molecule has 1 aromatic carbocycles. The Morgan fingerprint density at radius 3 is 2.47 bits per heavy atom. The SMILES string of the molecule is CC(c1ccc(Cl)cc1)C(CN)c1cncc(F)c1.